The SMILES string of the molecule is C=C(CCC1CC(C(C)(C)C)C(O)C(C(C)(C)C)C1)OC. The molecule has 1 fully saturated rings. The lowest BCUT2D eigenvalue weighted by Crippen LogP contribution is -2.47. The first-order valence-corrected chi connectivity index (χ1v) is 8.36. The van der Waals surface area contributed by atoms with Crippen LogP contribution in [0.3, 0.4) is 0 Å². The van der Waals surface area contributed by atoms with Crippen molar-refractivity contribution in [3.8, 4) is 0 Å². The lowest BCUT2D eigenvalue weighted by Gasteiger charge is -2.49. The Kier molecular flexibility index (Phi) is 5.94. The molecule has 0 aromatic heterocycles. The Morgan fingerprint density at radius 3 is 1.81 bits per heavy atom. The van der Waals surface area contributed by atoms with Crippen LogP contribution in [0.1, 0.15) is 67.2 Å². The molecular formula is C19H36O2. The minimum absolute atomic E-state index is 0.153. The van der Waals surface area contributed by atoms with Gasteiger partial charge in [-0.25, -0.2) is 0 Å². The third-order valence-corrected chi connectivity index (χ3v) is 5.34. The van der Waals surface area contributed by atoms with Gasteiger partial charge in [0.1, 0.15) is 0 Å². The molecule has 1 aliphatic carbocycles. The third-order valence-electron chi connectivity index (χ3n) is 5.34. The van der Waals surface area contributed by atoms with E-state index in [4.69, 9.17) is 4.74 Å². The van der Waals surface area contributed by atoms with E-state index in [9.17, 15) is 5.11 Å². The Balaban J connectivity index is 2.86. The molecule has 1 aliphatic rings. The van der Waals surface area contributed by atoms with Crippen molar-refractivity contribution < 1.29 is 9.84 Å². The fourth-order valence-corrected chi connectivity index (χ4v) is 3.81. The van der Waals surface area contributed by atoms with Gasteiger partial charge in [0.15, 0.2) is 0 Å². The molecule has 0 aromatic carbocycles. The summed E-state index contributed by atoms with van der Waals surface area (Å²) in [5.74, 6) is 2.28. The molecule has 1 rings (SSSR count). The molecule has 1 N–H and O–H groups in total. The Bertz CT molecular complexity index is 322. The van der Waals surface area contributed by atoms with Crippen molar-refractivity contribution in [3.05, 3.63) is 12.3 Å². The Morgan fingerprint density at radius 1 is 1.05 bits per heavy atom. The number of aliphatic hydroxyl groups is 1. The van der Waals surface area contributed by atoms with E-state index in [0.29, 0.717) is 17.8 Å². The van der Waals surface area contributed by atoms with Crippen molar-refractivity contribution in [1.82, 2.24) is 0 Å². The minimum atomic E-state index is -0.188. The summed E-state index contributed by atoms with van der Waals surface area (Å²) in [5, 5.41) is 10.9. The van der Waals surface area contributed by atoms with Crippen molar-refractivity contribution in [3.63, 3.8) is 0 Å². The molecule has 0 radical (unpaired) electrons. The molecule has 0 aliphatic heterocycles. The molecule has 0 bridgehead atoms. The number of allylic oxidation sites excluding steroid dienone is 1. The molecule has 2 atom stereocenters. The van der Waals surface area contributed by atoms with E-state index in [1.807, 2.05) is 0 Å². The molecule has 0 spiro atoms. The van der Waals surface area contributed by atoms with Crippen molar-refractivity contribution in [2.45, 2.75) is 73.3 Å². The maximum Gasteiger partial charge on any atom is 0.0884 e. The van der Waals surface area contributed by atoms with Gasteiger partial charge in [-0.1, -0.05) is 48.1 Å². The van der Waals surface area contributed by atoms with Crippen LogP contribution >= 0.6 is 0 Å². The second kappa shape index (κ2) is 6.73. The number of rotatable bonds is 4. The molecule has 0 saturated heterocycles. The van der Waals surface area contributed by atoms with Crippen LogP contribution in [0.5, 0.6) is 0 Å². The van der Waals surface area contributed by atoms with Crippen LogP contribution in [0.25, 0.3) is 0 Å². The van der Waals surface area contributed by atoms with E-state index < -0.39 is 0 Å². The summed E-state index contributed by atoms with van der Waals surface area (Å²) in [6.07, 6.45) is 4.11. The highest BCUT2D eigenvalue weighted by Crippen LogP contribution is 2.49. The first-order chi connectivity index (χ1) is 9.46. The summed E-state index contributed by atoms with van der Waals surface area (Å²) in [6.45, 7) is 17.5. The molecular weight excluding hydrogens is 260 g/mol. The first kappa shape index (κ1) is 18.5. The summed E-state index contributed by atoms with van der Waals surface area (Å²) in [5.41, 5.74) is 0.305. The van der Waals surface area contributed by atoms with E-state index in [1.165, 1.54) is 0 Å². The van der Waals surface area contributed by atoms with Crippen LogP contribution < -0.4 is 0 Å². The minimum Gasteiger partial charge on any atom is -0.502 e. The summed E-state index contributed by atoms with van der Waals surface area (Å²) in [7, 11) is 1.70. The van der Waals surface area contributed by atoms with Crippen LogP contribution in [0.15, 0.2) is 12.3 Å². The van der Waals surface area contributed by atoms with Crippen molar-refractivity contribution in [1.29, 1.82) is 0 Å². The quantitative estimate of drug-likeness (QED) is 0.738. The van der Waals surface area contributed by atoms with E-state index in [2.05, 4.69) is 48.1 Å². The summed E-state index contributed by atoms with van der Waals surface area (Å²) < 4.78 is 5.21. The summed E-state index contributed by atoms with van der Waals surface area (Å²) in [4.78, 5) is 0. The number of hydrogen-bond acceptors (Lipinski definition) is 2. The monoisotopic (exact) mass is 296 g/mol. The van der Waals surface area contributed by atoms with Crippen LogP contribution in [0.2, 0.25) is 0 Å². The molecule has 0 aromatic rings. The van der Waals surface area contributed by atoms with E-state index in [-0.39, 0.29) is 16.9 Å². The zero-order valence-corrected chi connectivity index (χ0v) is 15.2. The fraction of sp³-hybridized carbons (Fsp3) is 0.895. The maximum atomic E-state index is 10.9. The predicted octanol–water partition coefficient (Wildman–Crippen LogP) is 5.02. The zero-order chi connectivity index (χ0) is 16.4. The van der Waals surface area contributed by atoms with E-state index >= 15 is 0 Å². The predicted molar refractivity (Wildman–Crippen MR) is 90.0 cm³/mol. The fourth-order valence-electron chi connectivity index (χ4n) is 3.81. The number of hydrogen-bond donors (Lipinski definition) is 1. The smallest absolute Gasteiger partial charge is 0.0884 e. The summed E-state index contributed by atoms with van der Waals surface area (Å²) in [6, 6.07) is 0. The van der Waals surface area contributed by atoms with Gasteiger partial charge in [0.05, 0.1) is 19.0 Å². The van der Waals surface area contributed by atoms with Crippen molar-refractivity contribution in [2.75, 3.05) is 7.11 Å². The largest absolute Gasteiger partial charge is 0.502 e. The maximum absolute atomic E-state index is 10.9. The first-order valence-electron chi connectivity index (χ1n) is 8.36. The molecule has 21 heavy (non-hydrogen) atoms. The Labute approximate surface area is 132 Å². The second-order valence-electron chi connectivity index (χ2n) is 9.05. The number of methoxy groups -OCH3 is 1. The van der Waals surface area contributed by atoms with E-state index in [0.717, 1.165) is 31.4 Å². The highest BCUT2D eigenvalue weighted by Gasteiger charge is 2.45. The third kappa shape index (κ3) is 5.02. The highest BCUT2D eigenvalue weighted by atomic mass is 16.5. The second-order valence-corrected chi connectivity index (χ2v) is 9.05. The van der Waals surface area contributed by atoms with Gasteiger partial charge in [0.2, 0.25) is 0 Å². The van der Waals surface area contributed by atoms with Crippen LogP contribution in [-0.2, 0) is 4.74 Å². The van der Waals surface area contributed by atoms with Crippen LogP contribution in [-0.4, -0.2) is 18.3 Å². The van der Waals surface area contributed by atoms with Gasteiger partial charge < -0.3 is 9.84 Å². The van der Waals surface area contributed by atoms with Crippen LogP contribution in [0.4, 0.5) is 0 Å². The standard InChI is InChI=1S/C19H36O2/c1-13(21-8)9-10-14-11-15(18(2,3)4)17(20)16(12-14)19(5,6)7/h14-17,20H,1,9-12H2,2-8H3. The van der Waals surface area contributed by atoms with Crippen molar-refractivity contribution in [2.24, 2.45) is 28.6 Å². The van der Waals surface area contributed by atoms with E-state index in [1.54, 1.807) is 7.11 Å². The van der Waals surface area contributed by atoms with Crippen molar-refractivity contribution >= 4 is 0 Å². The van der Waals surface area contributed by atoms with Gasteiger partial charge in [-0.3, -0.25) is 0 Å². The highest BCUT2D eigenvalue weighted by molar-refractivity contribution is 4.96. The topological polar surface area (TPSA) is 29.5 Å². The van der Waals surface area contributed by atoms with Gasteiger partial charge in [0.25, 0.3) is 0 Å². The Hall–Kier alpha value is -0.500. The lowest BCUT2D eigenvalue weighted by atomic mass is 9.58. The molecule has 0 amide bonds. The molecule has 2 heteroatoms. The van der Waals surface area contributed by atoms with Gasteiger partial charge in [-0.05, 0) is 47.8 Å². The molecule has 0 heterocycles. The van der Waals surface area contributed by atoms with Gasteiger partial charge in [0, 0.05) is 6.42 Å². The summed E-state index contributed by atoms with van der Waals surface area (Å²) >= 11 is 0. The Morgan fingerprint density at radius 2 is 1.48 bits per heavy atom. The van der Waals surface area contributed by atoms with Gasteiger partial charge in [-0.15, -0.1) is 0 Å². The molecule has 2 unspecified atom stereocenters. The molecule has 124 valence electrons. The number of ether oxygens (including phenoxy) is 1. The zero-order valence-electron chi connectivity index (χ0n) is 15.2. The van der Waals surface area contributed by atoms with Gasteiger partial charge in [-0.2, -0.15) is 0 Å². The average Bonchev–Trinajstić information content (AvgIpc) is 2.34. The number of aliphatic hydroxyl groups excluding tert-OH is 1. The van der Waals surface area contributed by atoms with Gasteiger partial charge >= 0.3 is 0 Å². The molecule has 1 saturated carbocycles. The lowest BCUT2D eigenvalue weighted by molar-refractivity contribution is -0.0846. The normalized spacial score (nSPS) is 31.0. The molecule has 2 nitrogen and oxygen atoms in total. The van der Waals surface area contributed by atoms with Crippen LogP contribution in [0, 0.1) is 28.6 Å². The average molecular weight is 296 g/mol.